The van der Waals surface area contributed by atoms with E-state index >= 15 is 0 Å². The van der Waals surface area contributed by atoms with Crippen molar-refractivity contribution < 1.29 is 23.8 Å². The molecule has 2 N–H and O–H groups in total. The van der Waals surface area contributed by atoms with Crippen LogP contribution in [0.4, 0.5) is 0 Å². The average molecular weight is 332 g/mol. The second kappa shape index (κ2) is 13.3. The van der Waals surface area contributed by atoms with Crippen LogP contribution < -0.4 is 10.6 Å². The van der Waals surface area contributed by atoms with Crippen LogP contribution in [-0.4, -0.2) is 65.0 Å². The van der Waals surface area contributed by atoms with Gasteiger partial charge in [-0.2, -0.15) is 0 Å². The molecule has 0 bridgehead atoms. The van der Waals surface area contributed by atoms with E-state index in [-0.39, 0.29) is 23.8 Å². The second-order valence-corrected chi connectivity index (χ2v) is 5.32. The summed E-state index contributed by atoms with van der Waals surface area (Å²) >= 11 is 0. The third kappa shape index (κ3) is 11.1. The molecule has 1 fully saturated rings. The fourth-order valence-corrected chi connectivity index (χ4v) is 1.63. The minimum absolute atomic E-state index is 0.0634. The molecular weight excluding hydrogens is 300 g/mol. The predicted octanol–water partition coefficient (Wildman–Crippen LogP) is 0.725. The molecule has 0 atom stereocenters. The Bertz CT molecular complexity index is 332. The molecule has 2 amide bonds. The van der Waals surface area contributed by atoms with Crippen molar-refractivity contribution in [2.24, 2.45) is 5.41 Å². The lowest BCUT2D eigenvalue weighted by atomic mass is 10.1. The van der Waals surface area contributed by atoms with Gasteiger partial charge in [0.2, 0.25) is 11.8 Å². The van der Waals surface area contributed by atoms with Crippen LogP contribution in [0.25, 0.3) is 0 Å². The standard InChI is InChI=1S/C14H26N2O5.C2H6/c1-14(3-4-14)13(18)16-6-8-21-10-9-20-7-5-15-12(17)11-19-2;1-2/h3-11H2,1-2H3,(H,15,17)(H,16,18);1-2H3. The van der Waals surface area contributed by atoms with Crippen molar-refractivity contribution in [2.75, 3.05) is 53.2 Å². The number of hydrogen-bond donors (Lipinski definition) is 2. The molecule has 1 aliphatic rings. The van der Waals surface area contributed by atoms with E-state index in [1.54, 1.807) is 0 Å². The van der Waals surface area contributed by atoms with Gasteiger partial charge in [-0.15, -0.1) is 0 Å². The van der Waals surface area contributed by atoms with Crippen LogP contribution in [0.3, 0.4) is 0 Å². The van der Waals surface area contributed by atoms with Gasteiger partial charge in [0.05, 0.1) is 26.4 Å². The molecule has 0 aliphatic heterocycles. The summed E-state index contributed by atoms with van der Waals surface area (Å²) in [6.07, 6.45) is 1.96. The highest BCUT2D eigenvalue weighted by atomic mass is 16.5. The van der Waals surface area contributed by atoms with Crippen LogP contribution in [0, 0.1) is 5.41 Å². The van der Waals surface area contributed by atoms with E-state index in [1.165, 1.54) is 7.11 Å². The highest BCUT2D eigenvalue weighted by Gasteiger charge is 2.44. The topological polar surface area (TPSA) is 85.9 Å². The van der Waals surface area contributed by atoms with Gasteiger partial charge in [0.15, 0.2) is 0 Å². The number of rotatable bonds is 12. The van der Waals surface area contributed by atoms with Crippen molar-refractivity contribution in [3.8, 4) is 0 Å². The fraction of sp³-hybridized carbons (Fsp3) is 0.875. The number of methoxy groups -OCH3 is 1. The van der Waals surface area contributed by atoms with Crippen molar-refractivity contribution >= 4 is 11.8 Å². The Morgan fingerprint density at radius 2 is 1.48 bits per heavy atom. The van der Waals surface area contributed by atoms with E-state index in [1.807, 2.05) is 20.8 Å². The molecule has 0 unspecified atom stereocenters. The maximum atomic E-state index is 11.6. The number of ether oxygens (including phenoxy) is 3. The van der Waals surface area contributed by atoms with E-state index < -0.39 is 0 Å². The predicted molar refractivity (Wildman–Crippen MR) is 88.2 cm³/mol. The van der Waals surface area contributed by atoms with Crippen molar-refractivity contribution in [2.45, 2.75) is 33.6 Å². The zero-order valence-electron chi connectivity index (χ0n) is 14.9. The Morgan fingerprint density at radius 3 is 1.96 bits per heavy atom. The first-order valence-corrected chi connectivity index (χ1v) is 8.28. The van der Waals surface area contributed by atoms with E-state index in [0.717, 1.165) is 12.8 Å². The number of amides is 2. The second-order valence-electron chi connectivity index (χ2n) is 5.32. The van der Waals surface area contributed by atoms with Crippen molar-refractivity contribution in [3.63, 3.8) is 0 Å². The monoisotopic (exact) mass is 332 g/mol. The summed E-state index contributed by atoms with van der Waals surface area (Å²) in [5.41, 5.74) is -0.129. The Morgan fingerprint density at radius 1 is 0.957 bits per heavy atom. The minimum atomic E-state index is -0.155. The fourth-order valence-electron chi connectivity index (χ4n) is 1.63. The molecule has 0 spiro atoms. The molecule has 0 heterocycles. The first-order chi connectivity index (χ1) is 11.1. The summed E-state index contributed by atoms with van der Waals surface area (Å²) < 4.78 is 15.3. The van der Waals surface area contributed by atoms with Crippen LogP contribution >= 0.6 is 0 Å². The van der Waals surface area contributed by atoms with Crippen LogP contribution in [0.15, 0.2) is 0 Å². The summed E-state index contributed by atoms with van der Waals surface area (Å²) in [7, 11) is 1.47. The molecular formula is C16H32N2O5. The molecule has 0 aromatic heterocycles. The van der Waals surface area contributed by atoms with Gasteiger partial charge in [-0.1, -0.05) is 20.8 Å². The molecule has 0 radical (unpaired) electrons. The summed E-state index contributed by atoms with van der Waals surface area (Å²) in [4.78, 5) is 22.6. The van der Waals surface area contributed by atoms with Gasteiger partial charge in [0.25, 0.3) is 0 Å². The van der Waals surface area contributed by atoms with E-state index in [2.05, 4.69) is 15.4 Å². The number of hydrogen-bond acceptors (Lipinski definition) is 5. The zero-order chi connectivity index (χ0) is 17.6. The Balaban J connectivity index is 0.00000232. The third-order valence-electron chi connectivity index (χ3n) is 3.30. The summed E-state index contributed by atoms with van der Waals surface area (Å²) in [5.74, 6) is -0.0356. The lowest BCUT2D eigenvalue weighted by Gasteiger charge is -2.10. The smallest absolute Gasteiger partial charge is 0.246 e. The van der Waals surface area contributed by atoms with Gasteiger partial charge in [-0.05, 0) is 12.8 Å². The SMILES string of the molecule is CC.COCC(=O)NCCOCCOCCNC(=O)C1(C)CC1. The quantitative estimate of drug-likeness (QED) is 0.515. The molecule has 0 aromatic carbocycles. The molecule has 1 aliphatic carbocycles. The van der Waals surface area contributed by atoms with E-state index in [4.69, 9.17) is 9.47 Å². The largest absolute Gasteiger partial charge is 0.377 e. The maximum Gasteiger partial charge on any atom is 0.246 e. The van der Waals surface area contributed by atoms with Crippen LogP contribution in [0.5, 0.6) is 0 Å². The van der Waals surface area contributed by atoms with Crippen LogP contribution in [0.1, 0.15) is 33.6 Å². The number of carbonyl (C=O) groups excluding carboxylic acids is 2. The summed E-state index contributed by atoms with van der Waals surface area (Å²) in [5, 5.41) is 5.51. The molecule has 1 rings (SSSR count). The van der Waals surface area contributed by atoms with Gasteiger partial charge in [-0.3, -0.25) is 9.59 Å². The third-order valence-corrected chi connectivity index (χ3v) is 3.30. The zero-order valence-corrected chi connectivity index (χ0v) is 14.9. The minimum Gasteiger partial charge on any atom is -0.377 e. The summed E-state index contributed by atoms with van der Waals surface area (Å²) in [6, 6.07) is 0. The molecule has 23 heavy (non-hydrogen) atoms. The first-order valence-electron chi connectivity index (χ1n) is 8.28. The van der Waals surface area contributed by atoms with Crippen LogP contribution in [0.2, 0.25) is 0 Å². The van der Waals surface area contributed by atoms with Gasteiger partial charge in [-0.25, -0.2) is 0 Å². The average Bonchev–Trinajstić information content (AvgIpc) is 3.30. The summed E-state index contributed by atoms with van der Waals surface area (Å²) in [6.45, 7) is 8.88. The van der Waals surface area contributed by atoms with Gasteiger partial charge < -0.3 is 24.8 Å². The molecule has 136 valence electrons. The highest BCUT2D eigenvalue weighted by molar-refractivity contribution is 5.84. The Hall–Kier alpha value is -1.18. The highest BCUT2D eigenvalue weighted by Crippen LogP contribution is 2.44. The molecule has 7 heteroatoms. The Labute approximate surface area is 139 Å². The molecule has 0 aromatic rings. The van der Waals surface area contributed by atoms with Gasteiger partial charge >= 0.3 is 0 Å². The molecule has 0 saturated heterocycles. The Kier molecular flexibility index (Phi) is 12.6. The van der Waals surface area contributed by atoms with E-state index in [0.29, 0.717) is 39.5 Å². The molecule has 1 saturated carbocycles. The maximum absolute atomic E-state index is 11.6. The molecule has 7 nitrogen and oxygen atoms in total. The van der Waals surface area contributed by atoms with Gasteiger partial charge in [0, 0.05) is 25.6 Å². The first kappa shape index (κ1) is 21.8. The lowest BCUT2D eigenvalue weighted by molar-refractivity contribution is -0.126. The van der Waals surface area contributed by atoms with Gasteiger partial charge in [0.1, 0.15) is 6.61 Å². The van der Waals surface area contributed by atoms with E-state index in [9.17, 15) is 9.59 Å². The number of carbonyl (C=O) groups is 2. The lowest BCUT2D eigenvalue weighted by Crippen LogP contribution is -2.33. The van der Waals surface area contributed by atoms with Crippen molar-refractivity contribution in [1.29, 1.82) is 0 Å². The normalized spacial score (nSPS) is 14.4. The van der Waals surface area contributed by atoms with Crippen LogP contribution in [-0.2, 0) is 23.8 Å². The number of nitrogens with one attached hydrogen (secondary N) is 2. The van der Waals surface area contributed by atoms with Crippen molar-refractivity contribution in [1.82, 2.24) is 10.6 Å². The van der Waals surface area contributed by atoms with Crippen molar-refractivity contribution in [3.05, 3.63) is 0 Å².